The second-order valence-electron chi connectivity index (χ2n) is 4.91. The SMILES string of the molecule is Cc1cccc(N=Nc2sc(-n3[nH]c(=O)ccc3=O)nc2C)c1. The summed E-state index contributed by atoms with van der Waals surface area (Å²) in [5.74, 6) is 0. The van der Waals surface area contributed by atoms with E-state index in [1.165, 1.54) is 23.5 Å². The van der Waals surface area contributed by atoms with Crippen LogP contribution in [0.4, 0.5) is 10.7 Å². The van der Waals surface area contributed by atoms with E-state index in [2.05, 4.69) is 20.3 Å². The monoisotopic (exact) mass is 327 g/mol. The number of benzene rings is 1. The third-order valence-corrected chi connectivity index (χ3v) is 4.06. The quantitative estimate of drug-likeness (QED) is 0.749. The Morgan fingerprint density at radius 3 is 2.74 bits per heavy atom. The highest BCUT2D eigenvalue weighted by molar-refractivity contribution is 7.17. The molecule has 0 radical (unpaired) electrons. The highest BCUT2D eigenvalue weighted by atomic mass is 32.1. The maximum absolute atomic E-state index is 11.8. The van der Waals surface area contributed by atoms with Gasteiger partial charge in [-0.3, -0.25) is 14.7 Å². The van der Waals surface area contributed by atoms with Gasteiger partial charge >= 0.3 is 0 Å². The van der Waals surface area contributed by atoms with Crippen LogP contribution in [0.25, 0.3) is 5.13 Å². The predicted molar refractivity (Wildman–Crippen MR) is 88.4 cm³/mol. The minimum absolute atomic E-state index is 0.350. The van der Waals surface area contributed by atoms with Crippen LogP contribution < -0.4 is 11.1 Å². The van der Waals surface area contributed by atoms with E-state index in [0.29, 0.717) is 15.8 Å². The van der Waals surface area contributed by atoms with Gasteiger partial charge in [0.2, 0.25) is 5.13 Å². The van der Waals surface area contributed by atoms with Crippen molar-refractivity contribution in [1.29, 1.82) is 0 Å². The number of nitrogens with one attached hydrogen (secondary N) is 1. The van der Waals surface area contributed by atoms with Crippen molar-refractivity contribution in [3.63, 3.8) is 0 Å². The number of H-pyrrole nitrogens is 1. The van der Waals surface area contributed by atoms with Crippen LogP contribution in [0.3, 0.4) is 0 Å². The highest BCUT2D eigenvalue weighted by Gasteiger charge is 2.10. The van der Waals surface area contributed by atoms with Crippen LogP contribution in [0.2, 0.25) is 0 Å². The molecule has 1 aromatic carbocycles. The predicted octanol–water partition coefficient (Wildman–Crippen LogP) is 3.01. The van der Waals surface area contributed by atoms with Crippen molar-refractivity contribution < 1.29 is 0 Å². The molecule has 0 bridgehead atoms. The summed E-state index contributed by atoms with van der Waals surface area (Å²) < 4.78 is 1.10. The highest BCUT2D eigenvalue weighted by Crippen LogP contribution is 2.30. The van der Waals surface area contributed by atoms with Gasteiger partial charge in [0.25, 0.3) is 11.1 Å². The third-order valence-electron chi connectivity index (χ3n) is 3.03. The van der Waals surface area contributed by atoms with Crippen LogP contribution in [-0.4, -0.2) is 14.8 Å². The molecule has 3 aromatic rings. The normalized spacial score (nSPS) is 11.2. The standard InChI is InChI=1S/C15H13N5O2S/c1-9-4-3-5-11(8-9)17-18-14-10(2)16-15(23-14)20-13(22)7-6-12(21)19-20/h3-8H,1-2H3,(H,19,21). The van der Waals surface area contributed by atoms with Crippen LogP contribution >= 0.6 is 11.3 Å². The molecule has 0 amide bonds. The number of azo groups is 1. The third kappa shape index (κ3) is 3.32. The summed E-state index contributed by atoms with van der Waals surface area (Å²) in [7, 11) is 0. The average molecular weight is 327 g/mol. The van der Waals surface area contributed by atoms with Crippen LogP contribution in [0.5, 0.6) is 0 Å². The second-order valence-corrected chi connectivity index (χ2v) is 5.87. The Bertz CT molecular complexity index is 999. The molecule has 0 aliphatic heterocycles. The van der Waals surface area contributed by atoms with Crippen molar-refractivity contribution in [2.24, 2.45) is 10.2 Å². The second kappa shape index (κ2) is 6.09. The Labute approximate surface area is 135 Å². The molecule has 0 atom stereocenters. The van der Waals surface area contributed by atoms with E-state index in [9.17, 15) is 9.59 Å². The number of aryl methyl sites for hydroxylation is 2. The maximum atomic E-state index is 11.8. The summed E-state index contributed by atoms with van der Waals surface area (Å²) in [6.45, 7) is 3.75. The van der Waals surface area contributed by atoms with E-state index < -0.39 is 0 Å². The first-order chi connectivity index (χ1) is 11.0. The molecule has 116 valence electrons. The molecule has 0 aliphatic carbocycles. The first-order valence-corrected chi connectivity index (χ1v) is 7.63. The Kier molecular flexibility index (Phi) is 3.98. The molecule has 0 spiro atoms. The number of hydrogen-bond acceptors (Lipinski definition) is 6. The first kappa shape index (κ1) is 15.0. The molecular formula is C15H13N5O2S. The van der Waals surface area contributed by atoms with E-state index in [0.717, 1.165) is 15.9 Å². The molecule has 0 aliphatic rings. The van der Waals surface area contributed by atoms with Gasteiger partial charge in [-0.05, 0) is 31.5 Å². The summed E-state index contributed by atoms with van der Waals surface area (Å²) in [6.07, 6.45) is 0. The Balaban J connectivity index is 1.97. The van der Waals surface area contributed by atoms with Gasteiger partial charge in [-0.25, -0.2) is 4.98 Å². The molecule has 0 saturated heterocycles. The zero-order valence-electron chi connectivity index (χ0n) is 12.5. The van der Waals surface area contributed by atoms with Gasteiger partial charge in [-0.15, -0.1) is 10.2 Å². The molecular weight excluding hydrogens is 314 g/mol. The van der Waals surface area contributed by atoms with Crippen molar-refractivity contribution >= 4 is 22.0 Å². The zero-order valence-corrected chi connectivity index (χ0v) is 13.3. The van der Waals surface area contributed by atoms with E-state index in [1.807, 2.05) is 31.2 Å². The molecule has 0 unspecified atom stereocenters. The molecule has 0 fully saturated rings. The van der Waals surface area contributed by atoms with Crippen molar-refractivity contribution in [2.45, 2.75) is 13.8 Å². The minimum atomic E-state index is -0.375. The van der Waals surface area contributed by atoms with Crippen LogP contribution in [0.15, 0.2) is 56.2 Å². The van der Waals surface area contributed by atoms with Gasteiger partial charge in [0.15, 0.2) is 5.00 Å². The summed E-state index contributed by atoms with van der Waals surface area (Å²) in [4.78, 5) is 27.5. The Morgan fingerprint density at radius 2 is 1.96 bits per heavy atom. The van der Waals surface area contributed by atoms with Crippen molar-refractivity contribution in [3.05, 3.63) is 68.4 Å². The molecule has 2 aromatic heterocycles. The molecule has 1 N–H and O–H groups in total. The lowest BCUT2D eigenvalue weighted by atomic mass is 10.2. The Hall–Kier alpha value is -2.87. The smallest absolute Gasteiger partial charge is 0.268 e. The fourth-order valence-corrected chi connectivity index (χ4v) is 2.78. The summed E-state index contributed by atoms with van der Waals surface area (Å²) >= 11 is 1.18. The topological polar surface area (TPSA) is 92.5 Å². The van der Waals surface area contributed by atoms with E-state index in [4.69, 9.17) is 0 Å². The van der Waals surface area contributed by atoms with E-state index in [1.54, 1.807) is 6.92 Å². The van der Waals surface area contributed by atoms with Gasteiger partial charge in [-0.1, -0.05) is 23.5 Å². The minimum Gasteiger partial charge on any atom is -0.268 e. The number of thiazole rings is 1. The van der Waals surface area contributed by atoms with E-state index >= 15 is 0 Å². The maximum Gasteiger partial charge on any atom is 0.272 e. The molecule has 3 rings (SSSR count). The lowest BCUT2D eigenvalue weighted by Gasteiger charge is -1.97. The number of aromatic nitrogens is 3. The fourth-order valence-electron chi connectivity index (χ4n) is 1.92. The van der Waals surface area contributed by atoms with Crippen molar-refractivity contribution in [1.82, 2.24) is 14.8 Å². The largest absolute Gasteiger partial charge is 0.272 e. The van der Waals surface area contributed by atoms with Crippen molar-refractivity contribution in [3.8, 4) is 5.13 Å². The van der Waals surface area contributed by atoms with Crippen LogP contribution in [0.1, 0.15) is 11.3 Å². The zero-order chi connectivity index (χ0) is 16.4. The first-order valence-electron chi connectivity index (χ1n) is 6.81. The summed E-state index contributed by atoms with van der Waals surface area (Å²) in [5.41, 5.74) is 1.74. The molecule has 23 heavy (non-hydrogen) atoms. The van der Waals surface area contributed by atoms with Gasteiger partial charge in [0, 0.05) is 12.1 Å². The van der Waals surface area contributed by atoms with Crippen LogP contribution in [-0.2, 0) is 0 Å². The average Bonchev–Trinajstić information content (AvgIpc) is 2.89. The van der Waals surface area contributed by atoms with Crippen LogP contribution in [0, 0.1) is 13.8 Å². The molecule has 0 saturated carbocycles. The number of hydrogen-bond donors (Lipinski definition) is 1. The number of nitrogens with zero attached hydrogens (tertiary/aromatic N) is 4. The molecule has 8 heteroatoms. The molecule has 7 nitrogen and oxygen atoms in total. The van der Waals surface area contributed by atoms with E-state index in [-0.39, 0.29) is 11.1 Å². The number of aromatic amines is 1. The fraction of sp³-hybridized carbons (Fsp3) is 0.133. The van der Waals surface area contributed by atoms with Crippen molar-refractivity contribution in [2.75, 3.05) is 0 Å². The molecule has 2 heterocycles. The number of rotatable bonds is 3. The lowest BCUT2D eigenvalue weighted by molar-refractivity contribution is 0.777. The Morgan fingerprint density at radius 1 is 1.13 bits per heavy atom. The summed E-state index contributed by atoms with van der Waals surface area (Å²) in [5, 5.41) is 11.7. The van der Waals surface area contributed by atoms with Gasteiger partial charge in [0.1, 0.15) is 0 Å². The van der Waals surface area contributed by atoms with Gasteiger partial charge in [0.05, 0.1) is 11.4 Å². The summed E-state index contributed by atoms with van der Waals surface area (Å²) in [6, 6.07) is 10.0. The van der Waals surface area contributed by atoms with Gasteiger partial charge < -0.3 is 0 Å². The van der Waals surface area contributed by atoms with Gasteiger partial charge in [-0.2, -0.15) is 4.68 Å². The lowest BCUT2D eigenvalue weighted by Crippen LogP contribution is -2.26.